The number of pyridine rings is 1. The van der Waals surface area contributed by atoms with Crippen molar-refractivity contribution in [1.29, 1.82) is 0 Å². The number of aryl methyl sites for hydroxylation is 2. The molecule has 1 heterocycles. The van der Waals surface area contributed by atoms with Gasteiger partial charge in [0.2, 0.25) is 0 Å². The number of nitrogens with zero attached hydrogens (tertiary/aromatic N) is 1. The SMILES string of the molecule is CCc1ccc(Cc2cc(C)ccc2C(=O)O)nc1. The molecule has 1 aromatic carbocycles. The monoisotopic (exact) mass is 255 g/mol. The molecule has 2 aromatic rings. The fourth-order valence-corrected chi connectivity index (χ4v) is 2.04. The number of carboxylic acid groups (broad SMARTS) is 1. The Hall–Kier alpha value is -2.16. The first-order chi connectivity index (χ1) is 9.10. The van der Waals surface area contributed by atoms with Gasteiger partial charge in [0.25, 0.3) is 0 Å². The lowest BCUT2D eigenvalue weighted by atomic mass is 10.00. The van der Waals surface area contributed by atoms with Crippen LogP contribution in [0.3, 0.4) is 0 Å². The summed E-state index contributed by atoms with van der Waals surface area (Å²) in [5.74, 6) is -0.889. The number of rotatable bonds is 4. The summed E-state index contributed by atoms with van der Waals surface area (Å²) in [7, 11) is 0. The van der Waals surface area contributed by atoms with Gasteiger partial charge < -0.3 is 5.11 Å². The first-order valence-corrected chi connectivity index (χ1v) is 6.36. The molecule has 0 unspecified atom stereocenters. The lowest BCUT2D eigenvalue weighted by molar-refractivity contribution is 0.0696. The Morgan fingerprint density at radius 3 is 2.63 bits per heavy atom. The number of benzene rings is 1. The van der Waals surface area contributed by atoms with E-state index in [2.05, 4.69) is 11.9 Å². The lowest BCUT2D eigenvalue weighted by Crippen LogP contribution is -2.04. The maximum absolute atomic E-state index is 11.2. The number of hydrogen-bond donors (Lipinski definition) is 1. The topological polar surface area (TPSA) is 50.2 Å². The lowest BCUT2D eigenvalue weighted by Gasteiger charge is -2.07. The van der Waals surface area contributed by atoms with Gasteiger partial charge >= 0.3 is 5.97 Å². The van der Waals surface area contributed by atoms with Crippen LogP contribution < -0.4 is 0 Å². The quantitative estimate of drug-likeness (QED) is 0.912. The third-order valence-electron chi connectivity index (χ3n) is 3.16. The van der Waals surface area contributed by atoms with Crippen molar-refractivity contribution in [1.82, 2.24) is 4.98 Å². The largest absolute Gasteiger partial charge is 0.478 e. The third kappa shape index (κ3) is 3.19. The molecule has 0 fully saturated rings. The van der Waals surface area contributed by atoms with Crippen LogP contribution in [-0.4, -0.2) is 16.1 Å². The number of carbonyl (C=O) groups is 1. The van der Waals surface area contributed by atoms with Crippen LogP contribution in [0, 0.1) is 6.92 Å². The van der Waals surface area contributed by atoms with Crippen LogP contribution >= 0.6 is 0 Å². The van der Waals surface area contributed by atoms with Crippen LogP contribution in [0.15, 0.2) is 36.5 Å². The molecule has 0 saturated heterocycles. The molecule has 0 amide bonds. The maximum Gasteiger partial charge on any atom is 0.335 e. The summed E-state index contributed by atoms with van der Waals surface area (Å²) >= 11 is 0. The van der Waals surface area contributed by atoms with Crippen LogP contribution in [0.2, 0.25) is 0 Å². The molecule has 98 valence electrons. The zero-order valence-corrected chi connectivity index (χ0v) is 11.2. The van der Waals surface area contributed by atoms with Gasteiger partial charge in [-0.2, -0.15) is 0 Å². The van der Waals surface area contributed by atoms with E-state index in [1.54, 1.807) is 6.07 Å². The Kier molecular flexibility index (Phi) is 3.95. The highest BCUT2D eigenvalue weighted by Crippen LogP contribution is 2.16. The maximum atomic E-state index is 11.2. The second-order valence-corrected chi connectivity index (χ2v) is 4.65. The smallest absolute Gasteiger partial charge is 0.335 e. The normalized spacial score (nSPS) is 10.4. The molecule has 0 saturated carbocycles. The van der Waals surface area contributed by atoms with Crippen molar-refractivity contribution in [3.05, 3.63) is 64.5 Å². The van der Waals surface area contributed by atoms with Crippen LogP contribution in [0.1, 0.15) is 39.7 Å². The van der Waals surface area contributed by atoms with Crippen molar-refractivity contribution in [2.75, 3.05) is 0 Å². The molecular formula is C16H17NO2. The van der Waals surface area contributed by atoms with Gasteiger partial charge in [-0.1, -0.05) is 30.7 Å². The van der Waals surface area contributed by atoms with Gasteiger partial charge in [0.05, 0.1) is 5.56 Å². The van der Waals surface area contributed by atoms with Gasteiger partial charge in [-0.25, -0.2) is 4.79 Å². The zero-order chi connectivity index (χ0) is 13.8. The molecule has 0 radical (unpaired) electrons. The highest BCUT2D eigenvalue weighted by atomic mass is 16.4. The second-order valence-electron chi connectivity index (χ2n) is 4.65. The molecule has 0 bridgehead atoms. The van der Waals surface area contributed by atoms with E-state index < -0.39 is 5.97 Å². The fraction of sp³-hybridized carbons (Fsp3) is 0.250. The number of hydrogen-bond acceptors (Lipinski definition) is 2. The van der Waals surface area contributed by atoms with Crippen molar-refractivity contribution in [3.63, 3.8) is 0 Å². The van der Waals surface area contributed by atoms with E-state index in [1.165, 1.54) is 5.56 Å². The van der Waals surface area contributed by atoms with Gasteiger partial charge in [-0.05, 0) is 36.6 Å². The summed E-state index contributed by atoms with van der Waals surface area (Å²) in [6.07, 6.45) is 3.36. The van der Waals surface area contributed by atoms with E-state index >= 15 is 0 Å². The van der Waals surface area contributed by atoms with Crippen molar-refractivity contribution in [2.45, 2.75) is 26.7 Å². The van der Waals surface area contributed by atoms with Crippen LogP contribution in [0.25, 0.3) is 0 Å². The first-order valence-electron chi connectivity index (χ1n) is 6.36. The summed E-state index contributed by atoms with van der Waals surface area (Å²) < 4.78 is 0. The van der Waals surface area contributed by atoms with Gasteiger partial charge in [-0.3, -0.25) is 4.98 Å². The number of aromatic nitrogens is 1. The van der Waals surface area contributed by atoms with Crippen molar-refractivity contribution < 1.29 is 9.90 Å². The van der Waals surface area contributed by atoms with Crippen LogP contribution in [-0.2, 0) is 12.8 Å². The molecule has 0 aliphatic rings. The summed E-state index contributed by atoms with van der Waals surface area (Å²) in [6, 6.07) is 9.40. The molecule has 3 nitrogen and oxygen atoms in total. The summed E-state index contributed by atoms with van der Waals surface area (Å²) in [5.41, 5.74) is 4.30. The Morgan fingerprint density at radius 2 is 2.05 bits per heavy atom. The van der Waals surface area contributed by atoms with Crippen molar-refractivity contribution >= 4 is 5.97 Å². The Bertz CT molecular complexity index is 588. The molecule has 3 heteroatoms. The van der Waals surface area contributed by atoms with Gasteiger partial charge in [0.1, 0.15) is 0 Å². The van der Waals surface area contributed by atoms with E-state index in [1.807, 2.05) is 37.4 Å². The Balaban J connectivity index is 2.31. The highest BCUT2D eigenvalue weighted by molar-refractivity contribution is 5.89. The van der Waals surface area contributed by atoms with Crippen LogP contribution in [0.4, 0.5) is 0 Å². The number of aromatic carboxylic acids is 1. The molecule has 19 heavy (non-hydrogen) atoms. The minimum Gasteiger partial charge on any atom is -0.478 e. The number of carboxylic acids is 1. The molecule has 0 aliphatic heterocycles. The first kappa shape index (κ1) is 13.3. The standard InChI is InChI=1S/C16H17NO2/c1-3-12-5-6-14(17-10-12)9-13-8-11(2)4-7-15(13)16(18)19/h4-8,10H,3,9H2,1-2H3,(H,18,19). The van der Waals surface area contributed by atoms with E-state index in [0.29, 0.717) is 12.0 Å². The minimum atomic E-state index is -0.889. The molecule has 1 aromatic heterocycles. The zero-order valence-electron chi connectivity index (χ0n) is 11.2. The summed E-state index contributed by atoms with van der Waals surface area (Å²) in [5, 5.41) is 9.20. The van der Waals surface area contributed by atoms with Gasteiger partial charge in [0.15, 0.2) is 0 Å². The Morgan fingerprint density at radius 1 is 1.26 bits per heavy atom. The molecule has 2 rings (SSSR count). The molecule has 1 N–H and O–H groups in total. The van der Waals surface area contributed by atoms with Crippen molar-refractivity contribution in [3.8, 4) is 0 Å². The molecule has 0 spiro atoms. The fourth-order valence-electron chi connectivity index (χ4n) is 2.04. The van der Waals surface area contributed by atoms with Crippen LogP contribution in [0.5, 0.6) is 0 Å². The third-order valence-corrected chi connectivity index (χ3v) is 3.16. The minimum absolute atomic E-state index is 0.354. The highest BCUT2D eigenvalue weighted by Gasteiger charge is 2.10. The van der Waals surface area contributed by atoms with Crippen molar-refractivity contribution in [2.24, 2.45) is 0 Å². The van der Waals surface area contributed by atoms with Gasteiger partial charge in [-0.15, -0.1) is 0 Å². The second kappa shape index (κ2) is 5.65. The Labute approximate surface area is 112 Å². The average molecular weight is 255 g/mol. The van der Waals surface area contributed by atoms with E-state index in [-0.39, 0.29) is 0 Å². The molecule has 0 atom stereocenters. The van der Waals surface area contributed by atoms with E-state index in [9.17, 15) is 9.90 Å². The average Bonchev–Trinajstić information content (AvgIpc) is 2.39. The summed E-state index contributed by atoms with van der Waals surface area (Å²) in [4.78, 5) is 15.6. The van der Waals surface area contributed by atoms with E-state index in [4.69, 9.17) is 0 Å². The molecule has 0 aliphatic carbocycles. The van der Waals surface area contributed by atoms with E-state index in [0.717, 1.165) is 23.2 Å². The predicted octanol–water partition coefficient (Wildman–Crippen LogP) is 3.24. The molecular weight excluding hydrogens is 238 g/mol. The van der Waals surface area contributed by atoms with Gasteiger partial charge in [0, 0.05) is 18.3 Å². The summed E-state index contributed by atoms with van der Waals surface area (Å²) in [6.45, 7) is 4.04. The predicted molar refractivity (Wildman–Crippen MR) is 74.6 cm³/mol.